The molecule has 0 unspecified atom stereocenters. The maximum atomic E-state index is 5.97. The largest absolute Gasteiger partial charge is 0.493 e. The third-order valence-electron chi connectivity index (χ3n) is 4.30. The summed E-state index contributed by atoms with van der Waals surface area (Å²) in [6, 6.07) is 11.0. The quantitative estimate of drug-likeness (QED) is 0.407. The van der Waals surface area contributed by atoms with E-state index in [1.807, 2.05) is 41.1 Å². The number of nitrogens with two attached hydrogens (primary N) is 1. The fraction of sp³-hybridized carbons (Fsp3) is 0.200. The van der Waals surface area contributed by atoms with Gasteiger partial charge in [0, 0.05) is 36.9 Å². The Morgan fingerprint density at radius 3 is 2.83 bits per heavy atom. The molecule has 0 saturated heterocycles. The summed E-state index contributed by atoms with van der Waals surface area (Å²) in [7, 11) is 1.60. The molecule has 4 aromatic rings. The zero-order valence-corrected chi connectivity index (χ0v) is 16.5. The average molecular weight is 406 g/mol. The van der Waals surface area contributed by atoms with Crippen molar-refractivity contribution in [2.45, 2.75) is 13.0 Å². The monoisotopic (exact) mass is 406 g/mol. The van der Waals surface area contributed by atoms with Crippen molar-refractivity contribution in [3.8, 4) is 17.3 Å². The number of aryl methyl sites for hydroxylation is 1. The van der Waals surface area contributed by atoms with Crippen LogP contribution in [0.1, 0.15) is 6.42 Å². The molecule has 0 bridgehead atoms. The fourth-order valence-electron chi connectivity index (χ4n) is 2.87. The fourth-order valence-corrected chi connectivity index (χ4v) is 2.87. The number of rotatable bonds is 9. The van der Waals surface area contributed by atoms with Gasteiger partial charge in [-0.25, -0.2) is 9.97 Å². The Kier molecular flexibility index (Phi) is 5.74. The van der Waals surface area contributed by atoms with Gasteiger partial charge in [0.05, 0.1) is 20.0 Å². The number of aromatic nitrogens is 6. The Balaban J connectivity index is 1.40. The maximum Gasteiger partial charge on any atom is 0.248 e. The molecular formula is C20H22N8O2. The van der Waals surface area contributed by atoms with Crippen LogP contribution in [-0.4, -0.2) is 43.0 Å². The van der Waals surface area contributed by atoms with Crippen molar-refractivity contribution in [2.24, 2.45) is 0 Å². The number of nitrogen functional groups attached to an aromatic ring is 1. The van der Waals surface area contributed by atoms with Crippen LogP contribution in [0.2, 0.25) is 0 Å². The number of pyridine rings is 1. The summed E-state index contributed by atoms with van der Waals surface area (Å²) in [6.45, 7) is 1.40. The molecule has 0 radical (unpaired) electrons. The molecule has 30 heavy (non-hydrogen) atoms. The lowest BCUT2D eigenvalue weighted by atomic mass is 10.2. The highest BCUT2D eigenvalue weighted by atomic mass is 16.5. The Bertz CT molecular complexity index is 1080. The lowest BCUT2D eigenvalue weighted by molar-refractivity contribution is 0.283. The Hall–Kier alpha value is -4.08. The van der Waals surface area contributed by atoms with Gasteiger partial charge in [0.1, 0.15) is 0 Å². The van der Waals surface area contributed by atoms with E-state index in [4.69, 9.17) is 15.2 Å². The van der Waals surface area contributed by atoms with Crippen LogP contribution >= 0.6 is 0 Å². The van der Waals surface area contributed by atoms with Gasteiger partial charge in [-0.15, -0.1) is 5.10 Å². The van der Waals surface area contributed by atoms with Gasteiger partial charge in [0.15, 0.2) is 17.3 Å². The molecule has 0 amide bonds. The molecule has 0 saturated carbocycles. The molecule has 0 aliphatic carbocycles. The molecule has 1 aromatic carbocycles. The minimum absolute atomic E-state index is 0.237. The second kappa shape index (κ2) is 8.95. The summed E-state index contributed by atoms with van der Waals surface area (Å²) < 4.78 is 14.8. The van der Waals surface area contributed by atoms with Crippen LogP contribution in [0.15, 0.2) is 61.3 Å². The van der Waals surface area contributed by atoms with Gasteiger partial charge >= 0.3 is 0 Å². The lowest BCUT2D eigenvalue weighted by Gasteiger charge is -2.12. The van der Waals surface area contributed by atoms with Gasteiger partial charge in [-0.1, -0.05) is 6.07 Å². The second-order valence-corrected chi connectivity index (χ2v) is 6.39. The first-order chi connectivity index (χ1) is 14.7. The SMILES string of the molecule is COc1cc(Nc2nc(N)n(-c3ccccn3)n2)ccc1OCCCn1ccnc1. The highest BCUT2D eigenvalue weighted by Crippen LogP contribution is 2.31. The van der Waals surface area contributed by atoms with Crippen molar-refractivity contribution in [1.29, 1.82) is 0 Å². The molecule has 4 rings (SSSR count). The molecule has 10 heteroatoms. The van der Waals surface area contributed by atoms with E-state index in [1.165, 1.54) is 4.68 Å². The minimum atomic E-state index is 0.237. The van der Waals surface area contributed by atoms with E-state index >= 15 is 0 Å². The summed E-state index contributed by atoms with van der Waals surface area (Å²) in [5.41, 5.74) is 6.72. The second-order valence-electron chi connectivity index (χ2n) is 6.39. The third kappa shape index (κ3) is 4.49. The number of methoxy groups -OCH3 is 1. The van der Waals surface area contributed by atoms with Crippen LogP contribution in [0.5, 0.6) is 11.5 Å². The van der Waals surface area contributed by atoms with Crippen molar-refractivity contribution in [2.75, 3.05) is 24.8 Å². The Labute approximate surface area is 173 Å². The molecule has 3 heterocycles. The van der Waals surface area contributed by atoms with Gasteiger partial charge in [-0.05, 0) is 30.7 Å². The van der Waals surface area contributed by atoms with Crippen LogP contribution < -0.4 is 20.5 Å². The Morgan fingerprint density at radius 2 is 2.07 bits per heavy atom. The van der Waals surface area contributed by atoms with E-state index in [2.05, 4.69) is 25.4 Å². The third-order valence-corrected chi connectivity index (χ3v) is 4.30. The van der Waals surface area contributed by atoms with Crippen LogP contribution in [0.4, 0.5) is 17.6 Å². The molecule has 3 aromatic heterocycles. The summed E-state index contributed by atoms with van der Waals surface area (Å²) in [4.78, 5) is 12.5. The number of hydrogen-bond donors (Lipinski definition) is 2. The van der Waals surface area contributed by atoms with Crippen LogP contribution in [0.3, 0.4) is 0 Å². The van der Waals surface area contributed by atoms with E-state index in [0.717, 1.165) is 18.7 Å². The predicted molar refractivity (Wildman–Crippen MR) is 112 cm³/mol. The average Bonchev–Trinajstić information content (AvgIpc) is 3.42. The van der Waals surface area contributed by atoms with Crippen molar-refractivity contribution >= 4 is 17.6 Å². The number of imidazole rings is 1. The zero-order valence-electron chi connectivity index (χ0n) is 16.5. The summed E-state index contributed by atoms with van der Waals surface area (Å²) in [6.07, 6.45) is 8.00. The highest BCUT2D eigenvalue weighted by molar-refractivity contribution is 5.60. The minimum Gasteiger partial charge on any atom is -0.493 e. The normalized spacial score (nSPS) is 10.7. The van der Waals surface area contributed by atoms with E-state index in [9.17, 15) is 0 Å². The van der Waals surface area contributed by atoms with Crippen molar-refractivity contribution in [3.05, 3.63) is 61.3 Å². The van der Waals surface area contributed by atoms with Crippen LogP contribution in [0, 0.1) is 0 Å². The number of benzene rings is 1. The number of anilines is 3. The summed E-state index contributed by atoms with van der Waals surface area (Å²) >= 11 is 0. The smallest absolute Gasteiger partial charge is 0.248 e. The van der Waals surface area contributed by atoms with E-state index in [0.29, 0.717) is 29.9 Å². The highest BCUT2D eigenvalue weighted by Gasteiger charge is 2.11. The van der Waals surface area contributed by atoms with Crippen LogP contribution in [0.25, 0.3) is 5.82 Å². The molecule has 0 fully saturated rings. The van der Waals surface area contributed by atoms with Gasteiger partial charge in [-0.2, -0.15) is 9.67 Å². The molecule has 0 aliphatic heterocycles. The summed E-state index contributed by atoms with van der Waals surface area (Å²) in [5, 5.41) is 7.49. The molecule has 0 atom stereocenters. The molecule has 0 aliphatic rings. The first-order valence-corrected chi connectivity index (χ1v) is 9.40. The van der Waals surface area contributed by atoms with Crippen LogP contribution in [-0.2, 0) is 6.54 Å². The first kappa shape index (κ1) is 19.2. The van der Waals surface area contributed by atoms with Gasteiger partial charge in [-0.3, -0.25) is 0 Å². The topological polar surface area (TPSA) is 118 Å². The van der Waals surface area contributed by atoms with Crippen molar-refractivity contribution in [3.63, 3.8) is 0 Å². The van der Waals surface area contributed by atoms with E-state index < -0.39 is 0 Å². The number of nitrogens with one attached hydrogen (secondary N) is 1. The number of ether oxygens (including phenoxy) is 2. The number of hydrogen-bond acceptors (Lipinski definition) is 8. The van der Waals surface area contributed by atoms with Gasteiger partial charge in [0.2, 0.25) is 11.9 Å². The summed E-state index contributed by atoms with van der Waals surface area (Å²) in [5.74, 6) is 2.46. The molecular weight excluding hydrogens is 384 g/mol. The molecule has 154 valence electrons. The standard InChI is InChI=1S/C20H22N8O2/c1-29-17-13-15(6-7-16(17)30-12-4-10-27-11-9-22-14-27)24-20-25-19(21)28(26-20)18-5-2-3-8-23-18/h2-3,5-9,11,13-14H,4,10,12H2,1H3,(H3,21,24,25,26). The van der Waals surface area contributed by atoms with Crippen molar-refractivity contribution < 1.29 is 9.47 Å². The molecule has 0 spiro atoms. The predicted octanol–water partition coefficient (Wildman–Crippen LogP) is 2.66. The van der Waals surface area contributed by atoms with E-state index in [1.54, 1.807) is 31.9 Å². The Morgan fingerprint density at radius 1 is 1.13 bits per heavy atom. The van der Waals surface area contributed by atoms with Gasteiger partial charge < -0.3 is 25.1 Å². The molecule has 3 N–H and O–H groups in total. The van der Waals surface area contributed by atoms with Crippen molar-refractivity contribution in [1.82, 2.24) is 29.3 Å². The maximum absolute atomic E-state index is 5.97. The molecule has 10 nitrogen and oxygen atoms in total. The zero-order chi connectivity index (χ0) is 20.8. The lowest BCUT2D eigenvalue weighted by Crippen LogP contribution is -2.04. The van der Waals surface area contributed by atoms with Gasteiger partial charge in [0.25, 0.3) is 0 Å². The van der Waals surface area contributed by atoms with E-state index in [-0.39, 0.29) is 5.95 Å². The first-order valence-electron chi connectivity index (χ1n) is 9.40. The number of nitrogens with zero attached hydrogens (tertiary/aromatic N) is 6.